The van der Waals surface area contributed by atoms with E-state index in [0.717, 1.165) is 10.2 Å². The van der Waals surface area contributed by atoms with Gasteiger partial charge in [-0.25, -0.2) is 9.37 Å². The van der Waals surface area contributed by atoms with Crippen LogP contribution < -0.4 is 5.32 Å². The Hall–Kier alpha value is -1.93. The van der Waals surface area contributed by atoms with Crippen LogP contribution in [0.1, 0.15) is 16.8 Å². The summed E-state index contributed by atoms with van der Waals surface area (Å²) >= 11 is 3.30. The molecule has 0 saturated carbocycles. The number of nitriles is 1. The minimum atomic E-state index is -0.290. The maximum absolute atomic E-state index is 13.6. The summed E-state index contributed by atoms with van der Waals surface area (Å²) in [6.45, 7) is 2.11. The number of anilines is 1. The Balaban J connectivity index is 2.21. The first kappa shape index (κ1) is 13.5. The van der Waals surface area contributed by atoms with Gasteiger partial charge in [0.25, 0.3) is 0 Å². The molecule has 2 aromatic rings. The Morgan fingerprint density at radius 3 is 2.89 bits per heavy atom. The summed E-state index contributed by atoms with van der Waals surface area (Å²) in [7, 11) is 0. The first-order valence-corrected chi connectivity index (χ1v) is 6.45. The van der Waals surface area contributed by atoms with E-state index in [2.05, 4.69) is 32.3 Å². The lowest BCUT2D eigenvalue weighted by Crippen LogP contribution is -2.05. The summed E-state index contributed by atoms with van der Waals surface area (Å²) in [5.74, 6) is 0.184. The molecule has 5 heteroatoms. The van der Waals surface area contributed by atoms with Crippen LogP contribution in [0.3, 0.4) is 0 Å². The maximum Gasteiger partial charge on any atom is 0.144 e. The molecule has 0 atom stereocenters. The highest BCUT2D eigenvalue weighted by Crippen LogP contribution is 2.18. The van der Waals surface area contributed by atoms with Gasteiger partial charge in [0.05, 0.1) is 5.56 Å². The molecule has 2 rings (SSSR count). The summed E-state index contributed by atoms with van der Waals surface area (Å²) in [4.78, 5) is 4.24. The van der Waals surface area contributed by atoms with Crippen molar-refractivity contribution in [2.75, 3.05) is 5.32 Å². The number of pyridine rings is 1. The zero-order chi connectivity index (χ0) is 13.8. The van der Waals surface area contributed by atoms with Gasteiger partial charge in [-0.3, -0.25) is 0 Å². The summed E-state index contributed by atoms with van der Waals surface area (Å²) in [6, 6.07) is 10.3. The van der Waals surface area contributed by atoms with Crippen molar-refractivity contribution < 1.29 is 4.39 Å². The molecule has 19 heavy (non-hydrogen) atoms. The molecule has 0 aliphatic heterocycles. The number of hydrogen-bond acceptors (Lipinski definition) is 3. The summed E-state index contributed by atoms with van der Waals surface area (Å²) in [5, 5.41) is 12.0. The van der Waals surface area contributed by atoms with Crippen LogP contribution in [0.2, 0.25) is 0 Å². The molecule has 0 aliphatic carbocycles. The second-order valence-electron chi connectivity index (χ2n) is 4.05. The van der Waals surface area contributed by atoms with E-state index in [1.54, 1.807) is 24.3 Å². The predicted molar refractivity (Wildman–Crippen MR) is 75.1 cm³/mol. The number of hydrogen-bond donors (Lipinski definition) is 1. The van der Waals surface area contributed by atoms with Crippen molar-refractivity contribution in [3.63, 3.8) is 0 Å². The molecule has 0 spiro atoms. The zero-order valence-electron chi connectivity index (χ0n) is 10.2. The van der Waals surface area contributed by atoms with Crippen LogP contribution in [0.4, 0.5) is 10.2 Å². The highest BCUT2D eigenvalue weighted by atomic mass is 79.9. The quantitative estimate of drug-likeness (QED) is 0.936. The molecule has 0 aliphatic rings. The number of aromatic nitrogens is 1. The SMILES string of the molecule is Cc1ccc(C#N)c(NCc2cc(Br)ccc2F)n1. The van der Waals surface area contributed by atoms with E-state index in [9.17, 15) is 4.39 Å². The normalized spacial score (nSPS) is 10.0. The molecular weight excluding hydrogens is 309 g/mol. The van der Waals surface area contributed by atoms with E-state index in [4.69, 9.17) is 5.26 Å². The lowest BCUT2D eigenvalue weighted by molar-refractivity contribution is 0.612. The Morgan fingerprint density at radius 1 is 1.37 bits per heavy atom. The van der Waals surface area contributed by atoms with Gasteiger partial charge in [0.15, 0.2) is 0 Å². The van der Waals surface area contributed by atoms with E-state index in [0.29, 0.717) is 16.9 Å². The van der Waals surface area contributed by atoms with Gasteiger partial charge < -0.3 is 5.32 Å². The van der Waals surface area contributed by atoms with Gasteiger partial charge in [-0.1, -0.05) is 15.9 Å². The van der Waals surface area contributed by atoms with E-state index in [-0.39, 0.29) is 12.4 Å². The predicted octanol–water partition coefficient (Wildman–Crippen LogP) is 3.78. The number of aryl methyl sites for hydroxylation is 1. The molecule has 0 fully saturated rings. The molecule has 0 bridgehead atoms. The Kier molecular flexibility index (Phi) is 4.13. The average molecular weight is 320 g/mol. The van der Waals surface area contributed by atoms with Gasteiger partial charge in [-0.15, -0.1) is 0 Å². The number of nitrogens with zero attached hydrogens (tertiary/aromatic N) is 2. The summed E-state index contributed by atoms with van der Waals surface area (Å²) in [6.07, 6.45) is 0. The smallest absolute Gasteiger partial charge is 0.144 e. The summed E-state index contributed by atoms with van der Waals surface area (Å²) in [5.41, 5.74) is 1.76. The number of nitrogens with one attached hydrogen (secondary N) is 1. The van der Waals surface area contributed by atoms with Crippen LogP contribution in [0, 0.1) is 24.1 Å². The van der Waals surface area contributed by atoms with Crippen molar-refractivity contribution in [1.82, 2.24) is 4.98 Å². The van der Waals surface area contributed by atoms with Crippen molar-refractivity contribution in [2.45, 2.75) is 13.5 Å². The third-order valence-corrected chi connectivity index (χ3v) is 3.10. The van der Waals surface area contributed by atoms with Crippen molar-refractivity contribution >= 4 is 21.7 Å². The fraction of sp³-hybridized carbons (Fsp3) is 0.143. The molecule has 96 valence electrons. The highest BCUT2D eigenvalue weighted by Gasteiger charge is 2.06. The lowest BCUT2D eigenvalue weighted by Gasteiger charge is -2.09. The first-order valence-electron chi connectivity index (χ1n) is 5.65. The third kappa shape index (κ3) is 3.30. The van der Waals surface area contributed by atoms with Gasteiger partial charge in [0, 0.05) is 22.3 Å². The Morgan fingerprint density at radius 2 is 2.16 bits per heavy atom. The molecule has 1 N–H and O–H groups in total. The molecule has 0 amide bonds. The van der Waals surface area contributed by atoms with Gasteiger partial charge >= 0.3 is 0 Å². The van der Waals surface area contributed by atoms with Gasteiger partial charge in [0.2, 0.25) is 0 Å². The monoisotopic (exact) mass is 319 g/mol. The molecule has 0 radical (unpaired) electrons. The van der Waals surface area contributed by atoms with Crippen molar-refractivity contribution in [2.24, 2.45) is 0 Å². The minimum absolute atomic E-state index is 0.274. The van der Waals surface area contributed by atoms with E-state index in [1.807, 2.05) is 6.92 Å². The van der Waals surface area contributed by atoms with Gasteiger partial charge in [0.1, 0.15) is 17.7 Å². The minimum Gasteiger partial charge on any atom is -0.365 e. The van der Waals surface area contributed by atoms with Crippen molar-refractivity contribution in [1.29, 1.82) is 5.26 Å². The number of benzene rings is 1. The van der Waals surface area contributed by atoms with Gasteiger partial charge in [-0.05, 0) is 37.3 Å². The molecule has 1 aromatic carbocycles. The molecule has 3 nitrogen and oxygen atoms in total. The van der Waals surface area contributed by atoms with Crippen molar-refractivity contribution in [3.8, 4) is 6.07 Å². The second-order valence-corrected chi connectivity index (χ2v) is 4.97. The Bertz CT molecular complexity index is 650. The second kappa shape index (κ2) is 5.81. The van der Waals surface area contributed by atoms with Gasteiger partial charge in [-0.2, -0.15) is 5.26 Å². The first-order chi connectivity index (χ1) is 9.10. The van der Waals surface area contributed by atoms with Crippen molar-refractivity contribution in [3.05, 3.63) is 57.4 Å². The van der Waals surface area contributed by atoms with E-state index < -0.39 is 0 Å². The summed E-state index contributed by atoms with van der Waals surface area (Å²) < 4.78 is 14.4. The van der Waals surface area contributed by atoms with Crippen LogP contribution in [-0.2, 0) is 6.54 Å². The average Bonchev–Trinajstić information content (AvgIpc) is 2.40. The van der Waals surface area contributed by atoms with Crippen LogP contribution >= 0.6 is 15.9 Å². The molecule has 0 saturated heterocycles. The molecular formula is C14H11BrFN3. The van der Waals surface area contributed by atoms with Crippen LogP contribution in [-0.4, -0.2) is 4.98 Å². The van der Waals surface area contributed by atoms with Crippen LogP contribution in [0.5, 0.6) is 0 Å². The molecule has 0 unspecified atom stereocenters. The third-order valence-electron chi connectivity index (χ3n) is 2.61. The maximum atomic E-state index is 13.6. The van der Waals surface area contributed by atoms with E-state index >= 15 is 0 Å². The molecule has 1 aromatic heterocycles. The van der Waals surface area contributed by atoms with Crippen LogP contribution in [0.15, 0.2) is 34.8 Å². The Labute approximate surface area is 119 Å². The van der Waals surface area contributed by atoms with Crippen LogP contribution in [0.25, 0.3) is 0 Å². The standard InChI is InChI=1S/C14H11BrFN3/c1-9-2-3-10(7-17)14(19-9)18-8-11-6-12(15)4-5-13(11)16/h2-6H,8H2,1H3,(H,18,19). The van der Waals surface area contributed by atoms with E-state index in [1.165, 1.54) is 6.07 Å². The zero-order valence-corrected chi connectivity index (χ0v) is 11.8. The fourth-order valence-electron chi connectivity index (χ4n) is 1.64. The largest absolute Gasteiger partial charge is 0.365 e. The fourth-order valence-corrected chi connectivity index (χ4v) is 2.05. The number of halogens is 2. The number of rotatable bonds is 3. The molecule has 1 heterocycles. The highest BCUT2D eigenvalue weighted by molar-refractivity contribution is 9.10. The lowest BCUT2D eigenvalue weighted by atomic mass is 10.2. The topological polar surface area (TPSA) is 48.7 Å².